The molecule has 0 aromatic rings. The molecule has 1 rings (SSSR count). The van der Waals surface area contributed by atoms with Gasteiger partial charge in [-0.1, -0.05) is 5.92 Å². The molecule has 1 saturated heterocycles. The van der Waals surface area contributed by atoms with Gasteiger partial charge >= 0.3 is 6.03 Å². The van der Waals surface area contributed by atoms with E-state index in [1.807, 2.05) is 6.92 Å². The molecule has 3 amide bonds. The zero-order valence-electron chi connectivity index (χ0n) is 10.7. The second-order valence-corrected chi connectivity index (χ2v) is 4.01. The van der Waals surface area contributed by atoms with Crippen molar-refractivity contribution in [2.75, 3.05) is 45.8 Å². The van der Waals surface area contributed by atoms with Crippen LogP contribution >= 0.6 is 0 Å². The summed E-state index contributed by atoms with van der Waals surface area (Å²) >= 11 is 0. The van der Waals surface area contributed by atoms with E-state index in [0.717, 1.165) is 0 Å². The van der Waals surface area contributed by atoms with Crippen LogP contribution in [0.1, 0.15) is 6.92 Å². The zero-order chi connectivity index (χ0) is 13.4. The summed E-state index contributed by atoms with van der Waals surface area (Å²) in [5.41, 5.74) is 0. The Hall–Kier alpha value is -1.74. The lowest BCUT2D eigenvalue weighted by molar-refractivity contribution is -0.131. The van der Waals surface area contributed by atoms with E-state index in [1.165, 1.54) is 0 Å². The summed E-state index contributed by atoms with van der Waals surface area (Å²) in [7, 11) is 0. The molecular weight excluding hydrogens is 232 g/mol. The lowest BCUT2D eigenvalue weighted by Crippen LogP contribution is -2.54. The summed E-state index contributed by atoms with van der Waals surface area (Å²) in [6, 6.07) is -0.0601. The number of rotatable bonds is 4. The van der Waals surface area contributed by atoms with E-state index in [4.69, 9.17) is 6.42 Å². The van der Waals surface area contributed by atoms with Crippen molar-refractivity contribution in [3.8, 4) is 12.3 Å². The summed E-state index contributed by atoms with van der Waals surface area (Å²) in [5, 5.41) is 5.62. The number of nitrogens with one attached hydrogen (secondary N) is 2. The van der Waals surface area contributed by atoms with E-state index in [9.17, 15) is 9.59 Å². The average Bonchev–Trinajstić information content (AvgIpc) is 2.39. The van der Waals surface area contributed by atoms with Gasteiger partial charge < -0.3 is 15.1 Å². The molecule has 18 heavy (non-hydrogen) atoms. The zero-order valence-corrected chi connectivity index (χ0v) is 10.7. The van der Waals surface area contributed by atoms with Gasteiger partial charge in [0.1, 0.15) is 0 Å². The first kappa shape index (κ1) is 14.3. The van der Waals surface area contributed by atoms with Gasteiger partial charge in [-0.3, -0.25) is 10.1 Å². The van der Waals surface area contributed by atoms with Crippen LogP contribution in [0.2, 0.25) is 0 Å². The molecule has 1 aliphatic heterocycles. The highest BCUT2D eigenvalue weighted by Gasteiger charge is 2.23. The van der Waals surface area contributed by atoms with E-state index in [1.54, 1.807) is 9.80 Å². The Morgan fingerprint density at radius 1 is 1.22 bits per heavy atom. The number of urea groups is 1. The Kier molecular flexibility index (Phi) is 6.01. The number of hydrogen-bond acceptors (Lipinski definition) is 3. The molecule has 1 aliphatic rings. The molecule has 0 aromatic heterocycles. The first-order valence-corrected chi connectivity index (χ1v) is 6.13. The van der Waals surface area contributed by atoms with Crippen LogP contribution in [0, 0.1) is 12.3 Å². The number of nitrogens with zero attached hydrogens (tertiary/aromatic N) is 2. The Labute approximate surface area is 108 Å². The van der Waals surface area contributed by atoms with Gasteiger partial charge in [-0.05, 0) is 6.92 Å². The molecule has 100 valence electrons. The van der Waals surface area contributed by atoms with Gasteiger partial charge in [-0.25, -0.2) is 4.79 Å². The summed E-state index contributed by atoms with van der Waals surface area (Å²) in [4.78, 5) is 26.8. The number of piperazine rings is 1. The largest absolute Gasteiger partial charge is 0.338 e. The third-order valence-electron chi connectivity index (χ3n) is 2.75. The van der Waals surface area contributed by atoms with Crippen LogP contribution in [0.5, 0.6) is 0 Å². The fraction of sp³-hybridized carbons (Fsp3) is 0.667. The molecule has 0 radical (unpaired) electrons. The molecule has 0 unspecified atom stereocenters. The molecule has 6 nitrogen and oxygen atoms in total. The van der Waals surface area contributed by atoms with Crippen molar-refractivity contribution in [3.63, 3.8) is 0 Å². The first-order valence-electron chi connectivity index (χ1n) is 6.13. The van der Waals surface area contributed by atoms with E-state index in [-0.39, 0.29) is 18.5 Å². The normalized spacial score (nSPS) is 15.1. The van der Waals surface area contributed by atoms with Crippen LogP contribution in [-0.2, 0) is 4.79 Å². The average molecular weight is 252 g/mol. The predicted octanol–water partition coefficient (Wildman–Crippen LogP) is -0.917. The maximum Gasteiger partial charge on any atom is 0.317 e. The summed E-state index contributed by atoms with van der Waals surface area (Å²) < 4.78 is 0. The standard InChI is InChI=1S/C12H20N4O2/c1-3-5-13-10-11(17)15-6-8-16(9-7-15)12(18)14-4-2/h1,13H,4-10H2,2H3,(H,14,18). The third-order valence-corrected chi connectivity index (χ3v) is 2.75. The second-order valence-electron chi connectivity index (χ2n) is 4.01. The number of hydrogen-bond donors (Lipinski definition) is 2. The third kappa shape index (κ3) is 4.26. The molecule has 6 heteroatoms. The smallest absolute Gasteiger partial charge is 0.317 e. The molecule has 0 bridgehead atoms. The first-order chi connectivity index (χ1) is 8.69. The van der Waals surface area contributed by atoms with Gasteiger partial charge in [0.05, 0.1) is 13.1 Å². The molecule has 0 atom stereocenters. The SMILES string of the molecule is C#CCNCC(=O)N1CCN(C(=O)NCC)CC1. The molecule has 1 heterocycles. The Bertz CT molecular complexity index is 329. The van der Waals surface area contributed by atoms with Crippen LogP contribution in [0.3, 0.4) is 0 Å². The van der Waals surface area contributed by atoms with Crippen LogP contribution in [0.25, 0.3) is 0 Å². The van der Waals surface area contributed by atoms with Crippen molar-refractivity contribution in [3.05, 3.63) is 0 Å². The highest BCUT2D eigenvalue weighted by molar-refractivity contribution is 5.79. The Morgan fingerprint density at radius 2 is 1.83 bits per heavy atom. The summed E-state index contributed by atoms with van der Waals surface area (Å²) in [6.07, 6.45) is 5.08. The number of carbonyl (C=O) groups is 2. The minimum Gasteiger partial charge on any atom is -0.338 e. The van der Waals surface area contributed by atoms with Gasteiger partial charge in [-0.15, -0.1) is 6.42 Å². The lowest BCUT2D eigenvalue weighted by atomic mass is 10.3. The van der Waals surface area contributed by atoms with Crippen molar-refractivity contribution in [1.29, 1.82) is 0 Å². The molecular formula is C12H20N4O2. The van der Waals surface area contributed by atoms with Gasteiger partial charge in [-0.2, -0.15) is 0 Å². The van der Waals surface area contributed by atoms with Crippen molar-refractivity contribution >= 4 is 11.9 Å². The minimum absolute atomic E-state index is 0.0285. The molecule has 2 N–H and O–H groups in total. The molecule has 0 aliphatic carbocycles. The lowest BCUT2D eigenvalue weighted by Gasteiger charge is -2.34. The molecule has 1 fully saturated rings. The van der Waals surface area contributed by atoms with Crippen molar-refractivity contribution in [2.24, 2.45) is 0 Å². The number of amides is 3. The van der Waals surface area contributed by atoms with Crippen molar-refractivity contribution < 1.29 is 9.59 Å². The topological polar surface area (TPSA) is 64.7 Å². The molecule has 0 aromatic carbocycles. The van der Waals surface area contributed by atoms with Gasteiger partial charge in [0.15, 0.2) is 0 Å². The monoisotopic (exact) mass is 252 g/mol. The van der Waals surface area contributed by atoms with Gasteiger partial charge in [0.2, 0.25) is 5.91 Å². The summed E-state index contributed by atoms with van der Waals surface area (Å²) in [5.74, 6) is 2.45. The predicted molar refractivity (Wildman–Crippen MR) is 68.9 cm³/mol. The van der Waals surface area contributed by atoms with Crippen molar-refractivity contribution in [1.82, 2.24) is 20.4 Å². The maximum absolute atomic E-state index is 11.8. The van der Waals surface area contributed by atoms with Crippen LogP contribution in [0.15, 0.2) is 0 Å². The highest BCUT2D eigenvalue weighted by Crippen LogP contribution is 2.02. The quantitative estimate of drug-likeness (QED) is 0.502. The highest BCUT2D eigenvalue weighted by atomic mass is 16.2. The molecule has 0 saturated carbocycles. The molecule has 0 spiro atoms. The van der Waals surface area contributed by atoms with Crippen LogP contribution in [0.4, 0.5) is 4.79 Å². The van der Waals surface area contributed by atoms with Gasteiger partial charge in [0, 0.05) is 32.7 Å². The van der Waals surface area contributed by atoms with E-state index < -0.39 is 0 Å². The van der Waals surface area contributed by atoms with E-state index >= 15 is 0 Å². The minimum atomic E-state index is -0.0601. The fourth-order valence-electron chi connectivity index (χ4n) is 1.78. The van der Waals surface area contributed by atoms with Crippen LogP contribution in [-0.4, -0.2) is 67.6 Å². The Morgan fingerprint density at radius 3 is 2.39 bits per heavy atom. The van der Waals surface area contributed by atoms with E-state index in [0.29, 0.717) is 39.3 Å². The van der Waals surface area contributed by atoms with E-state index in [2.05, 4.69) is 16.6 Å². The maximum atomic E-state index is 11.8. The fourth-order valence-corrected chi connectivity index (χ4v) is 1.78. The summed E-state index contributed by atoms with van der Waals surface area (Å²) in [6.45, 7) is 5.46. The number of terminal acetylenes is 1. The second kappa shape index (κ2) is 7.56. The number of carbonyl (C=O) groups excluding carboxylic acids is 2. The van der Waals surface area contributed by atoms with Gasteiger partial charge in [0.25, 0.3) is 0 Å². The van der Waals surface area contributed by atoms with Crippen molar-refractivity contribution in [2.45, 2.75) is 6.92 Å². The van der Waals surface area contributed by atoms with Crippen LogP contribution < -0.4 is 10.6 Å². The Balaban J connectivity index is 2.28.